The number of nitrogens with one attached hydrogen (secondary N) is 1. The molecule has 0 bridgehead atoms. The maximum atomic E-state index is 3.80. The van der Waals surface area contributed by atoms with E-state index >= 15 is 0 Å². The maximum Gasteiger partial charge on any atom is 0.0328 e. The number of hydrogen-bond donors (Lipinski definition) is 1. The van der Waals surface area contributed by atoms with E-state index in [1.165, 1.54) is 16.7 Å². The van der Waals surface area contributed by atoms with Crippen molar-refractivity contribution in [3.05, 3.63) is 47.5 Å². The van der Waals surface area contributed by atoms with Gasteiger partial charge in [0.1, 0.15) is 0 Å². The Morgan fingerprint density at radius 1 is 1.31 bits per heavy atom. The third-order valence-corrected chi connectivity index (χ3v) is 3.00. The quantitative estimate of drug-likeness (QED) is 0.712. The first-order valence-electron chi connectivity index (χ1n) is 6.11. The van der Waals surface area contributed by atoms with Crippen LogP contribution in [-0.2, 0) is 0 Å². The van der Waals surface area contributed by atoms with Gasteiger partial charge in [-0.2, -0.15) is 0 Å². The first-order valence-corrected chi connectivity index (χ1v) is 6.11. The van der Waals surface area contributed by atoms with Crippen LogP contribution in [0.3, 0.4) is 0 Å². The molecule has 1 aromatic carbocycles. The van der Waals surface area contributed by atoms with E-state index in [4.69, 9.17) is 0 Å². The number of aryl methyl sites for hydroxylation is 2. The van der Waals surface area contributed by atoms with Gasteiger partial charge in [0.15, 0.2) is 0 Å². The van der Waals surface area contributed by atoms with Crippen molar-refractivity contribution in [3.8, 4) is 0 Å². The molecule has 0 aliphatic heterocycles. The van der Waals surface area contributed by atoms with Crippen LogP contribution in [0.4, 0.5) is 0 Å². The van der Waals surface area contributed by atoms with Gasteiger partial charge in [-0.1, -0.05) is 31.2 Å². The van der Waals surface area contributed by atoms with Gasteiger partial charge in [-0.3, -0.25) is 0 Å². The highest BCUT2D eigenvalue weighted by Gasteiger charge is 2.13. The highest BCUT2D eigenvalue weighted by molar-refractivity contribution is 5.36. The monoisotopic (exact) mass is 217 g/mol. The second-order valence-electron chi connectivity index (χ2n) is 4.28. The molecule has 0 fully saturated rings. The van der Waals surface area contributed by atoms with Crippen LogP contribution in [-0.4, -0.2) is 6.54 Å². The molecule has 0 aliphatic rings. The van der Waals surface area contributed by atoms with Crippen molar-refractivity contribution in [2.24, 2.45) is 0 Å². The standard InChI is InChI=1S/C15H23N/c1-5-7-11-14(16-6-2)15-12(3)9-8-10-13(15)4/h5,8-10,14,16H,1,6-7,11H2,2-4H3. The molecule has 1 atom stereocenters. The summed E-state index contributed by atoms with van der Waals surface area (Å²) in [7, 11) is 0. The van der Waals surface area contributed by atoms with Crippen LogP contribution in [0.1, 0.15) is 42.5 Å². The number of hydrogen-bond acceptors (Lipinski definition) is 1. The topological polar surface area (TPSA) is 12.0 Å². The third-order valence-electron chi connectivity index (χ3n) is 3.00. The van der Waals surface area contributed by atoms with E-state index in [9.17, 15) is 0 Å². The van der Waals surface area contributed by atoms with Crippen molar-refractivity contribution in [2.45, 2.75) is 39.7 Å². The molecule has 0 aliphatic carbocycles. The van der Waals surface area contributed by atoms with E-state index < -0.39 is 0 Å². The summed E-state index contributed by atoms with van der Waals surface area (Å²) < 4.78 is 0. The summed E-state index contributed by atoms with van der Waals surface area (Å²) in [4.78, 5) is 0. The van der Waals surface area contributed by atoms with Gasteiger partial charge in [0.25, 0.3) is 0 Å². The molecule has 1 aromatic rings. The van der Waals surface area contributed by atoms with Crippen molar-refractivity contribution < 1.29 is 0 Å². The van der Waals surface area contributed by atoms with Crippen molar-refractivity contribution in [3.63, 3.8) is 0 Å². The molecule has 0 radical (unpaired) electrons. The Hall–Kier alpha value is -1.08. The van der Waals surface area contributed by atoms with Crippen LogP contribution in [0.15, 0.2) is 30.9 Å². The van der Waals surface area contributed by atoms with Gasteiger partial charge in [0.2, 0.25) is 0 Å². The fraction of sp³-hybridized carbons (Fsp3) is 0.467. The number of rotatable bonds is 6. The largest absolute Gasteiger partial charge is 0.310 e. The molecular weight excluding hydrogens is 194 g/mol. The van der Waals surface area contributed by atoms with Crippen LogP contribution in [0.25, 0.3) is 0 Å². The lowest BCUT2D eigenvalue weighted by molar-refractivity contribution is 0.515. The molecule has 0 saturated carbocycles. The minimum absolute atomic E-state index is 0.462. The van der Waals surface area contributed by atoms with Crippen molar-refractivity contribution in [1.29, 1.82) is 0 Å². The SMILES string of the molecule is C=CCCC(NCC)c1c(C)cccc1C. The molecule has 1 rings (SSSR count). The lowest BCUT2D eigenvalue weighted by atomic mass is 9.93. The molecule has 0 aromatic heterocycles. The summed E-state index contributed by atoms with van der Waals surface area (Å²) in [6, 6.07) is 6.98. The zero-order valence-corrected chi connectivity index (χ0v) is 10.7. The second kappa shape index (κ2) is 6.49. The Labute approximate surface area is 99.6 Å². The second-order valence-corrected chi connectivity index (χ2v) is 4.28. The molecule has 1 nitrogen and oxygen atoms in total. The molecule has 0 spiro atoms. The fourth-order valence-electron chi connectivity index (χ4n) is 2.26. The van der Waals surface area contributed by atoms with E-state index in [0.29, 0.717) is 6.04 Å². The predicted molar refractivity (Wildman–Crippen MR) is 71.8 cm³/mol. The third kappa shape index (κ3) is 3.21. The smallest absolute Gasteiger partial charge is 0.0328 e. The van der Waals surface area contributed by atoms with Gasteiger partial charge in [-0.15, -0.1) is 6.58 Å². The average molecular weight is 217 g/mol. The van der Waals surface area contributed by atoms with Gasteiger partial charge in [0, 0.05) is 6.04 Å². The van der Waals surface area contributed by atoms with Gasteiger partial charge in [-0.05, 0) is 49.9 Å². The fourth-order valence-corrected chi connectivity index (χ4v) is 2.26. The summed E-state index contributed by atoms with van der Waals surface area (Å²) in [5.74, 6) is 0. The van der Waals surface area contributed by atoms with Gasteiger partial charge >= 0.3 is 0 Å². The summed E-state index contributed by atoms with van der Waals surface area (Å²) in [6.45, 7) is 11.4. The summed E-state index contributed by atoms with van der Waals surface area (Å²) in [6.07, 6.45) is 4.19. The van der Waals surface area contributed by atoms with Crippen LogP contribution < -0.4 is 5.32 Å². The molecule has 1 N–H and O–H groups in total. The molecule has 16 heavy (non-hydrogen) atoms. The van der Waals surface area contributed by atoms with Crippen molar-refractivity contribution >= 4 is 0 Å². The molecule has 1 unspecified atom stereocenters. The van der Waals surface area contributed by atoms with Crippen LogP contribution in [0.5, 0.6) is 0 Å². The number of allylic oxidation sites excluding steroid dienone is 1. The molecule has 0 heterocycles. The maximum absolute atomic E-state index is 3.80. The van der Waals surface area contributed by atoms with Crippen LogP contribution >= 0.6 is 0 Å². The zero-order chi connectivity index (χ0) is 12.0. The average Bonchev–Trinajstić information content (AvgIpc) is 2.25. The number of benzene rings is 1. The minimum Gasteiger partial charge on any atom is -0.310 e. The normalized spacial score (nSPS) is 12.4. The van der Waals surface area contributed by atoms with Gasteiger partial charge in [0.05, 0.1) is 0 Å². The zero-order valence-electron chi connectivity index (χ0n) is 10.7. The van der Waals surface area contributed by atoms with Crippen LogP contribution in [0.2, 0.25) is 0 Å². The molecule has 88 valence electrons. The van der Waals surface area contributed by atoms with E-state index in [1.54, 1.807) is 0 Å². The predicted octanol–water partition coefficient (Wildman–Crippen LogP) is 3.92. The summed E-state index contributed by atoms with van der Waals surface area (Å²) in [5, 5.41) is 3.57. The van der Waals surface area contributed by atoms with E-state index in [0.717, 1.165) is 19.4 Å². The van der Waals surface area contributed by atoms with Crippen molar-refractivity contribution in [1.82, 2.24) is 5.32 Å². The Morgan fingerprint density at radius 3 is 2.44 bits per heavy atom. The summed E-state index contributed by atoms with van der Waals surface area (Å²) >= 11 is 0. The Bertz CT molecular complexity index is 321. The molecule has 1 heteroatoms. The minimum atomic E-state index is 0.462. The first kappa shape index (κ1) is 13.0. The highest BCUT2D eigenvalue weighted by Crippen LogP contribution is 2.25. The molecule has 0 saturated heterocycles. The van der Waals surface area contributed by atoms with Crippen LogP contribution in [0, 0.1) is 13.8 Å². The lowest BCUT2D eigenvalue weighted by Gasteiger charge is -2.22. The Morgan fingerprint density at radius 2 is 1.94 bits per heavy atom. The lowest BCUT2D eigenvalue weighted by Crippen LogP contribution is -2.22. The highest BCUT2D eigenvalue weighted by atomic mass is 14.9. The van der Waals surface area contributed by atoms with Gasteiger partial charge < -0.3 is 5.32 Å². The van der Waals surface area contributed by atoms with E-state index in [-0.39, 0.29) is 0 Å². The Balaban J connectivity index is 2.94. The Kier molecular flexibility index (Phi) is 5.27. The van der Waals surface area contributed by atoms with Gasteiger partial charge in [-0.25, -0.2) is 0 Å². The van der Waals surface area contributed by atoms with E-state index in [2.05, 4.69) is 50.9 Å². The molecular formula is C15H23N. The van der Waals surface area contributed by atoms with Crippen molar-refractivity contribution in [2.75, 3.05) is 6.54 Å². The molecule has 0 amide bonds. The first-order chi connectivity index (χ1) is 7.70. The van der Waals surface area contributed by atoms with E-state index in [1.807, 2.05) is 6.08 Å². The summed E-state index contributed by atoms with van der Waals surface area (Å²) in [5.41, 5.74) is 4.23.